The van der Waals surface area contributed by atoms with E-state index in [1.54, 1.807) is 43.8 Å². The number of aromatic nitrogens is 1. The van der Waals surface area contributed by atoms with Crippen molar-refractivity contribution < 1.29 is 19.4 Å². The van der Waals surface area contributed by atoms with Gasteiger partial charge in [-0.3, -0.25) is 19.5 Å². The number of aryl methyl sites for hydroxylation is 2. The molecule has 0 spiro atoms. The Kier molecular flexibility index (Phi) is 6.24. The second-order valence-electron chi connectivity index (χ2n) is 9.88. The van der Waals surface area contributed by atoms with Crippen molar-refractivity contribution >= 4 is 23.1 Å². The lowest BCUT2D eigenvalue weighted by atomic mass is 9.84. The molecule has 3 aromatic rings. The molecule has 0 saturated carbocycles. The van der Waals surface area contributed by atoms with Gasteiger partial charge in [0.1, 0.15) is 11.5 Å². The van der Waals surface area contributed by atoms with Gasteiger partial charge in [-0.1, -0.05) is 26.8 Å². The molecule has 0 bridgehead atoms. The Labute approximate surface area is 205 Å². The number of benzene rings is 2. The average molecular weight is 471 g/mol. The first-order valence-corrected chi connectivity index (χ1v) is 11.5. The molecule has 6 nitrogen and oxygen atoms in total. The van der Waals surface area contributed by atoms with E-state index in [9.17, 15) is 14.7 Å². The smallest absolute Gasteiger partial charge is 0.300 e. The summed E-state index contributed by atoms with van der Waals surface area (Å²) in [7, 11) is 1.60. The number of Topliss-reactive ketones (excluding diaryl/α,β-unsaturated/α-hetero) is 1. The van der Waals surface area contributed by atoms with Crippen LogP contribution in [0.5, 0.6) is 5.75 Å². The number of aliphatic hydroxyl groups excluding tert-OH is 1. The highest BCUT2D eigenvalue weighted by molar-refractivity contribution is 6.51. The molecule has 180 valence electrons. The molecule has 1 saturated heterocycles. The summed E-state index contributed by atoms with van der Waals surface area (Å²) < 4.78 is 5.52. The van der Waals surface area contributed by atoms with E-state index in [1.165, 1.54) is 4.90 Å². The summed E-state index contributed by atoms with van der Waals surface area (Å²) in [6.45, 7) is 10.1. The molecule has 1 amide bonds. The molecule has 6 heteroatoms. The van der Waals surface area contributed by atoms with Crippen molar-refractivity contribution in [3.05, 3.63) is 94.3 Å². The third-order valence-electron chi connectivity index (χ3n) is 6.52. The van der Waals surface area contributed by atoms with Gasteiger partial charge in [0.05, 0.1) is 18.7 Å². The van der Waals surface area contributed by atoms with Crippen molar-refractivity contribution in [3.8, 4) is 5.75 Å². The maximum atomic E-state index is 13.4. The third kappa shape index (κ3) is 4.32. The van der Waals surface area contributed by atoms with Gasteiger partial charge < -0.3 is 9.84 Å². The molecule has 35 heavy (non-hydrogen) atoms. The van der Waals surface area contributed by atoms with Crippen molar-refractivity contribution in [1.82, 2.24) is 4.98 Å². The lowest BCUT2D eigenvalue weighted by Gasteiger charge is -2.26. The number of ether oxygens (including phenoxy) is 1. The van der Waals surface area contributed by atoms with E-state index in [1.807, 2.05) is 58.9 Å². The highest BCUT2D eigenvalue weighted by atomic mass is 16.5. The summed E-state index contributed by atoms with van der Waals surface area (Å²) >= 11 is 0. The number of hydrogen-bond acceptors (Lipinski definition) is 5. The van der Waals surface area contributed by atoms with Gasteiger partial charge >= 0.3 is 0 Å². The fourth-order valence-electron chi connectivity index (χ4n) is 4.43. The molecule has 0 radical (unpaired) electrons. The summed E-state index contributed by atoms with van der Waals surface area (Å²) in [5, 5.41) is 11.5. The molecule has 2 aromatic carbocycles. The second kappa shape index (κ2) is 9.02. The molecule has 4 rings (SSSR count). The number of carbonyl (C=O) groups excluding carboxylic acids is 2. The summed E-state index contributed by atoms with van der Waals surface area (Å²) in [5.74, 6) is -0.934. The van der Waals surface area contributed by atoms with Crippen LogP contribution in [-0.4, -0.2) is 28.9 Å². The lowest BCUT2D eigenvalue weighted by molar-refractivity contribution is -0.132. The minimum atomic E-state index is -0.791. The van der Waals surface area contributed by atoms with Crippen LogP contribution in [0.25, 0.3) is 5.76 Å². The number of pyridine rings is 1. The topological polar surface area (TPSA) is 79.7 Å². The summed E-state index contributed by atoms with van der Waals surface area (Å²) in [4.78, 5) is 32.3. The quantitative estimate of drug-likeness (QED) is 0.304. The SMILES string of the molecule is COc1ccc(/C(O)=C2/C(=O)C(=O)N(c3ccc(C)c(C)c3)C2c2ccncc2)cc1C(C)(C)C. The van der Waals surface area contributed by atoms with Gasteiger partial charge in [0.25, 0.3) is 11.7 Å². The second-order valence-corrected chi connectivity index (χ2v) is 9.88. The molecular formula is C29H30N2O4. The zero-order valence-electron chi connectivity index (χ0n) is 20.9. The monoisotopic (exact) mass is 470 g/mol. The van der Waals surface area contributed by atoms with Crippen LogP contribution in [0.4, 0.5) is 5.69 Å². The molecule has 1 atom stereocenters. The van der Waals surface area contributed by atoms with Gasteiger partial charge in [-0.2, -0.15) is 0 Å². The number of methoxy groups -OCH3 is 1. The van der Waals surface area contributed by atoms with Crippen LogP contribution in [0, 0.1) is 13.8 Å². The number of rotatable bonds is 4. The van der Waals surface area contributed by atoms with E-state index >= 15 is 0 Å². The highest BCUT2D eigenvalue weighted by Gasteiger charge is 2.47. The molecule has 2 heterocycles. The Morgan fingerprint density at radius 2 is 1.66 bits per heavy atom. The van der Waals surface area contributed by atoms with Crippen molar-refractivity contribution in [3.63, 3.8) is 0 Å². The fraction of sp³-hybridized carbons (Fsp3) is 0.276. The Morgan fingerprint density at radius 3 is 2.26 bits per heavy atom. The number of ketones is 1. The standard InChI is InChI=1S/C29H30N2O4/c1-17-7-9-21(15-18(17)2)31-25(19-11-13-30-14-12-19)24(27(33)28(31)34)26(32)20-8-10-23(35-6)22(16-20)29(3,4)5/h7-16,25,32H,1-6H3/b26-24-. The minimum absolute atomic E-state index is 0.0458. The molecule has 1 fully saturated rings. The Bertz CT molecular complexity index is 1340. The molecule has 1 aromatic heterocycles. The molecule has 1 unspecified atom stereocenters. The number of carbonyl (C=O) groups is 2. The molecule has 0 aliphatic carbocycles. The Balaban J connectivity index is 1.95. The summed E-state index contributed by atoms with van der Waals surface area (Å²) in [6.07, 6.45) is 3.22. The van der Waals surface area contributed by atoms with Crippen LogP contribution in [0.1, 0.15) is 54.6 Å². The number of aliphatic hydroxyl groups is 1. The van der Waals surface area contributed by atoms with Crippen LogP contribution in [0.3, 0.4) is 0 Å². The molecular weight excluding hydrogens is 440 g/mol. The number of nitrogens with zero attached hydrogens (tertiary/aromatic N) is 2. The van der Waals surface area contributed by atoms with Gasteiger partial charge in [-0.05, 0) is 78.4 Å². The largest absolute Gasteiger partial charge is 0.507 e. The number of anilines is 1. The van der Waals surface area contributed by atoms with Crippen LogP contribution >= 0.6 is 0 Å². The zero-order valence-corrected chi connectivity index (χ0v) is 20.9. The Morgan fingerprint density at radius 1 is 0.971 bits per heavy atom. The van der Waals surface area contributed by atoms with Gasteiger partial charge in [-0.15, -0.1) is 0 Å². The Hall–Kier alpha value is -3.93. The number of hydrogen-bond donors (Lipinski definition) is 1. The van der Waals surface area contributed by atoms with Crippen LogP contribution < -0.4 is 9.64 Å². The van der Waals surface area contributed by atoms with Gasteiger partial charge in [0.15, 0.2) is 0 Å². The third-order valence-corrected chi connectivity index (χ3v) is 6.52. The summed E-state index contributed by atoms with van der Waals surface area (Å²) in [5.41, 5.74) is 4.48. The minimum Gasteiger partial charge on any atom is -0.507 e. The van der Waals surface area contributed by atoms with Gasteiger partial charge in [-0.25, -0.2) is 0 Å². The first-order valence-electron chi connectivity index (χ1n) is 11.5. The predicted octanol–water partition coefficient (Wildman–Crippen LogP) is 5.63. The lowest BCUT2D eigenvalue weighted by Crippen LogP contribution is -2.29. The zero-order chi connectivity index (χ0) is 25.5. The maximum Gasteiger partial charge on any atom is 0.300 e. The van der Waals surface area contributed by atoms with Crippen molar-refractivity contribution in [1.29, 1.82) is 0 Å². The van der Waals surface area contributed by atoms with Crippen LogP contribution in [-0.2, 0) is 15.0 Å². The van der Waals surface area contributed by atoms with Crippen LogP contribution in [0.15, 0.2) is 66.5 Å². The van der Waals surface area contributed by atoms with Crippen molar-refractivity contribution in [2.24, 2.45) is 0 Å². The first-order chi connectivity index (χ1) is 16.5. The van der Waals surface area contributed by atoms with Crippen molar-refractivity contribution in [2.75, 3.05) is 12.0 Å². The molecule has 1 aliphatic rings. The van der Waals surface area contributed by atoms with Crippen LogP contribution in [0.2, 0.25) is 0 Å². The average Bonchev–Trinajstić information content (AvgIpc) is 3.10. The van der Waals surface area contributed by atoms with Crippen molar-refractivity contribution in [2.45, 2.75) is 46.1 Å². The number of amides is 1. The fourth-order valence-corrected chi connectivity index (χ4v) is 4.43. The van der Waals surface area contributed by atoms with E-state index in [-0.39, 0.29) is 16.7 Å². The van der Waals surface area contributed by atoms with E-state index in [0.717, 1.165) is 16.7 Å². The molecule has 1 aliphatic heterocycles. The predicted molar refractivity (Wildman–Crippen MR) is 137 cm³/mol. The molecule has 1 N–H and O–H groups in total. The van der Waals surface area contributed by atoms with Gasteiger partial charge in [0.2, 0.25) is 0 Å². The van der Waals surface area contributed by atoms with E-state index in [0.29, 0.717) is 22.6 Å². The summed E-state index contributed by atoms with van der Waals surface area (Å²) in [6, 6.07) is 13.7. The first kappa shape index (κ1) is 24.2. The van der Waals surface area contributed by atoms with E-state index in [2.05, 4.69) is 4.98 Å². The normalized spacial score (nSPS) is 17.7. The van der Waals surface area contributed by atoms with E-state index < -0.39 is 17.7 Å². The van der Waals surface area contributed by atoms with Gasteiger partial charge in [0, 0.05) is 29.2 Å². The van der Waals surface area contributed by atoms with E-state index in [4.69, 9.17) is 4.74 Å². The highest BCUT2D eigenvalue weighted by Crippen LogP contribution is 2.43. The maximum absolute atomic E-state index is 13.4.